The lowest BCUT2D eigenvalue weighted by molar-refractivity contribution is -0.144. The molecule has 3 fully saturated rings. The van der Waals surface area contributed by atoms with E-state index >= 15 is 0 Å². The molecule has 3 atom stereocenters. The number of piperidine rings is 1. The molecule has 1 spiro atoms. The Balaban J connectivity index is 1.23. The zero-order chi connectivity index (χ0) is 23.4. The molecule has 1 aliphatic carbocycles. The van der Waals surface area contributed by atoms with Gasteiger partial charge in [-0.15, -0.1) is 0 Å². The van der Waals surface area contributed by atoms with Gasteiger partial charge in [-0.3, -0.25) is 9.69 Å². The molecule has 2 saturated heterocycles. The van der Waals surface area contributed by atoms with Crippen LogP contribution in [-0.4, -0.2) is 94.4 Å². The fourth-order valence-electron chi connectivity index (χ4n) is 5.23. The standard InChI is InChI=1S/C25H37N3O5/c1-19-23(31)28(15-14-27(19)24(32)33-18-20-6-3-2-4-7-20)21(17-29)8-5-12-26-13-11-25(9-10-25)22(30)16-26/h2-4,6-7,19,21-22,29-30H,5,8-18H2,1H3/t19?,21-,22?/m0/s1. The van der Waals surface area contributed by atoms with Crippen molar-refractivity contribution in [1.29, 1.82) is 0 Å². The minimum absolute atomic E-state index is 0.0946. The molecular weight excluding hydrogens is 422 g/mol. The molecule has 8 heteroatoms. The van der Waals surface area contributed by atoms with Gasteiger partial charge in [-0.1, -0.05) is 30.3 Å². The third-order valence-corrected chi connectivity index (χ3v) is 7.75. The second-order valence-corrected chi connectivity index (χ2v) is 9.85. The van der Waals surface area contributed by atoms with Crippen LogP contribution in [-0.2, 0) is 16.1 Å². The maximum absolute atomic E-state index is 13.0. The molecule has 182 valence electrons. The van der Waals surface area contributed by atoms with Crippen molar-refractivity contribution in [2.75, 3.05) is 39.3 Å². The summed E-state index contributed by atoms with van der Waals surface area (Å²) < 4.78 is 5.41. The van der Waals surface area contributed by atoms with Gasteiger partial charge in [0.05, 0.1) is 18.8 Å². The summed E-state index contributed by atoms with van der Waals surface area (Å²) in [5.74, 6) is -0.152. The van der Waals surface area contributed by atoms with E-state index in [2.05, 4.69) is 4.90 Å². The third kappa shape index (κ3) is 5.50. The van der Waals surface area contributed by atoms with Crippen LogP contribution in [0.1, 0.15) is 44.6 Å². The zero-order valence-electron chi connectivity index (χ0n) is 19.6. The number of ether oxygens (including phenoxy) is 1. The minimum Gasteiger partial charge on any atom is -0.445 e. The number of hydrogen-bond donors (Lipinski definition) is 2. The molecule has 3 aliphatic rings. The fourth-order valence-corrected chi connectivity index (χ4v) is 5.23. The van der Waals surface area contributed by atoms with Gasteiger partial charge >= 0.3 is 6.09 Å². The number of piperazine rings is 1. The number of rotatable bonds is 8. The van der Waals surface area contributed by atoms with Gasteiger partial charge in [-0.2, -0.15) is 0 Å². The Morgan fingerprint density at radius 3 is 2.61 bits per heavy atom. The Morgan fingerprint density at radius 1 is 1.18 bits per heavy atom. The van der Waals surface area contributed by atoms with Gasteiger partial charge in [-0.05, 0) is 63.1 Å². The molecule has 1 saturated carbocycles. The molecule has 8 nitrogen and oxygen atoms in total. The summed E-state index contributed by atoms with van der Waals surface area (Å²) in [7, 11) is 0. The number of amides is 2. The Hall–Kier alpha value is -2.16. The van der Waals surface area contributed by atoms with E-state index in [0.717, 1.165) is 50.9 Å². The summed E-state index contributed by atoms with van der Waals surface area (Å²) in [5, 5.41) is 20.4. The minimum atomic E-state index is -0.622. The van der Waals surface area contributed by atoms with Gasteiger partial charge in [0.15, 0.2) is 0 Å². The fraction of sp³-hybridized carbons (Fsp3) is 0.680. The smallest absolute Gasteiger partial charge is 0.410 e. The summed E-state index contributed by atoms with van der Waals surface area (Å²) in [6, 6.07) is 8.58. The molecule has 2 unspecified atom stereocenters. The first-order chi connectivity index (χ1) is 15.9. The lowest BCUT2D eigenvalue weighted by atomic mass is 9.90. The van der Waals surface area contributed by atoms with Gasteiger partial charge in [0.25, 0.3) is 0 Å². The van der Waals surface area contributed by atoms with Crippen LogP contribution in [0.4, 0.5) is 4.79 Å². The molecule has 0 bridgehead atoms. The number of aliphatic hydroxyl groups is 2. The van der Waals surface area contributed by atoms with Crippen LogP contribution in [0.25, 0.3) is 0 Å². The van der Waals surface area contributed by atoms with Crippen molar-refractivity contribution in [3.05, 3.63) is 35.9 Å². The van der Waals surface area contributed by atoms with E-state index in [4.69, 9.17) is 4.74 Å². The third-order valence-electron chi connectivity index (χ3n) is 7.75. The van der Waals surface area contributed by atoms with E-state index in [1.54, 1.807) is 11.8 Å². The highest BCUT2D eigenvalue weighted by Crippen LogP contribution is 2.53. The topological polar surface area (TPSA) is 93.5 Å². The van der Waals surface area contributed by atoms with E-state index in [1.807, 2.05) is 30.3 Å². The Kier molecular flexibility index (Phi) is 7.56. The van der Waals surface area contributed by atoms with Gasteiger partial charge < -0.3 is 24.7 Å². The van der Waals surface area contributed by atoms with E-state index in [9.17, 15) is 19.8 Å². The molecule has 2 amide bonds. The number of benzene rings is 1. The van der Waals surface area contributed by atoms with Crippen LogP contribution in [0.3, 0.4) is 0 Å². The second-order valence-electron chi connectivity index (χ2n) is 9.85. The number of carbonyl (C=O) groups excluding carboxylic acids is 2. The van der Waals surface area contributed by atoms with Crippen molar-refractivity contribution < 1.29 is 24.5 Å². The number of likely N-dealkylation sites (tertiary alicyclic amines) is 1. The second kappa shape index (κ2) is 10.4. The SMILES string of the molecule is CC1C(=O)N([C@H](CO)CCCN2CCC3(CC3)C(O)C2)CCN1C(=O)OCc1ccccc1. The first kappa shape index (κ1) is 24.0. The van der Waals surface area contributed by atoms with Crippen molar-refractivity contribution in [3.8, 4) is 0 Å². The number of aliphatic hydroxyl groups excluding tert-OH is 2. The Bertz CT molecular complexity index is 816. The van der Waals surface area contributed by atoms with Crippen LogP contribution in [0.5, 0.6) is 0 Å². The van der Waals surface area contributed by atoms with E-state index in [1.165, 1.54) is 4.90 Å². The van der Waals surface area contributed by atoms with Crippen molar-refractivity contribution >= 4 is 12.0 Å². The van der Waals surface area contributed by atoms with E-state index in [-0.39, 0.29) is 36.7 Å². The van der Waals surface area contributed by atoms with Crippen LogP contribution >= 0.6 is 0 Å². The molecule has 2 heterocycles. The molecular formula is C25H37N3O5. The molecule has 2 N–H and O–H groups in total. The Labute approximate surface area is 196 Å². The summed E-state index contributed by atoms with van der Waals surface area (Å²) in [6.45, 7) is 5.17. The first-order valence-corrected chi connectivity index (χ1v) is 12.2. The monoisotopic (exact) mass is 459 g/mol. The predicted octanol–water partition coefficient (Wildman–Crippen LogP) is 1.84. The summed E-state index contributed by atoms with van der Waals surface area (Å²) in [6.07, 6.45) is 4.21. The first-order valence-electron chi connectivity index (χ1n) is 12.2. The highest BCUT2D eigenvalue weighted by Gasteiger charge is 2.51. The van der Waals surface area contributed by atoms with E-state index < -0.39 is 12.1 Å². The molecule has 0 aromatic heterocycles. The molecule has 2 aliphatic heterocycles. The van der Waals surface area contributed by atoms with Gasteiger partial charge in [0.1, 0.15) is 12.6 Å². The lowest BCUT2D eigenvalue weighted by Crippen LogP contribution is -2.60. The maximum atomic E-state index is 13.0. The van der Waals surface area contributed by atoms with Crippen LogP contribution < -0.4 is 0 Å². The maximum Gasteiger partial charge on any atom is 0.410 e. The van der Waals surface area contributed by atoms with E-state index in [0.29, 0.717) is 19.5 Å². The summed E-state index contributed by atoms with van der Waals surface area (Å²) in [5.41, 5.74) is 1.10. The number of β-amino-alcohol motifs (C(OH)–C–C–N with tert-alkyl or cyclic N) is 1. The number of carbonyl (C=O) groups is 2. The van der Waals surface area contributed by atoms with Crippen LogP contribution in [0.2, 0.25) is 0 Å². The van der Waals surface area contributed by atoms with Gasteiger partial charge in [0, 0.05) is 19.6 Å². The predicted molar refractivity (Wildman–Crippen MR) is 123 cm³/mol. The summed E-state index contributed by atoms with van der Waals surface area (Å²) in [4.78, 5) is 31.1. The van der Waals surface area contributed by atoms with Gasteiger partial charge in [0.2, 0.25) is 5.91 Å². The Morgan fingerprint density at radius 2 is 1.94 bits per heavy atom. The zero-order valence-corrected chi connectivity index (χ0v) is 19.6. The van der Waals surface area contributed by atoms with Gasteiger partial charge in [-0.25, -0.2) is 4.79 Å². The molecule has 1 aromatic rings. The largest absolute Gasteiger partial charge is 0.445 e. The molecule has 33 heavy (non-hydrogen) atoms. The highest BCUT2D eigenvalue weighted by molar-refractivity contribution is 5.86. The van der Waals surface area contributed by atoms with Crippen molar-refractivity contribution in [2.24, 2.45) is 5.41 Å². The highest BCUT2D eigenvalue weighted by atomic mass is 16.6. The number of nitrogens with zero attached hydrogens (tertiary/aromatic N) is 3. The van der Waals surface area contributed by atoms with Crippen molar-refractivity contribution in [2.45, 2.75) is 63.8 Å². The average Bonchev–Trinajstić information content (AvgIpc) is 3.61. The molecule has 0 radical (unpaired) electrons. The lowest BCUT2D eigenvalue weighted by Gasteiger charge is -2.42. The van der Waals surface area contributed by atoms with Crippen LogP contribution in [0.15, 0.2) is 30.3 Å². The molecule has 4 rings (SSSR count). The normalized spacial score (nSPS) is 25.8. The molecule has 1 aromatic carbocycles. The average molecular weight is 460 g/mol. The van der Waals surface area contributed by atoms with Crippen LogP contribution in [0, 0.1) is 5.41 Å². The number of hydrogen-bond acceptors (Lipinski definition) is 6. The van der Waals surface area contributed by atoms with Crippen molar-refractivity contribution in [3.63, 3.8) is 0 Å². The summed E-state index contributed by atoms with van der Waals surface area (Å²) >= 11 is 0. The van der Waals surface area contributed by atoms with Crippen molar-refractivity contribution in [1.82, 2.24) is 14.7 Å². The quantitative estimate of drug-likeness (QED) is 0.616.